The summed E-state index contributed by atoms with van der Waals surface area (Å²) >= 11 is 0. The molecule has 0 spiro atoms. The maximum absolute atomic E-state index is 2.65. The molecule has 2 heterocycles. The predicted molar refractivity (Wildman–Crippen MR) is 94.9 cm³/mol. The highest BCUT2D eigenvalue weighted by atomic mass is 35.5. The lowest BCUT2D eigenvalue weighted by atomic mass is 10.1. The second-order valence-electron chi connectivity index (χ2n) is 7.02. The molecule has 130 valence electrons. The lowest BCUT2D eigenvalue weighted by molar-refractivity contribution is -0.00000467. The topological polar surface area (TPSA) is 9.72 Å². The minimum atomic E-state index is 0. The van der Waals surface area contributed by atoms with Crippen molar-refractivity contribution in [3.05, 3.63) is 29.3 Å². The maximum atomic E-state index is 2.65. The molecule has 2 aliphatic heterocycles. The number of halogens is 1. The molecule has 2 aliphatic rings. The second kappa shape index (κ2) is 8.91. The van der Waals surface area contributed by atoms with Crippen LogP contribution in [0.1, 0.15) is 30.4 Å². The highest BCUT2D eigenvalue weighted by molar-refractivity contribution is 5.55. The number of piperidine rings is 1. The number of nitrogens with zero attached hydrogens (tertiary/aromatic N) is 3. The van der Waals surface area contributed by atoms with E-state index in [4.69, 9.17) is 0 Å². The molecule has 0 amide bonds. The summed E-state index contributed by atoms with van der Waals surface area (Å²) < 4.78 is 0. The van der Waals surface area contributed by atoms with Crippen LogP contribution in [0.25, 0.3) is 0 Å². The van der Waals surface area contributed by atoms with Gasteiger partial charge < -0.3 is 22.2 Å². The Balaban J connectivity index is 0.00000192. The first-order valence-electron chi connectivity index (χ1n) is 8.99. The first kappa shape index (κ1) is 18.6. The van der Waals surface area contributed by atoms with E-state index in [1.54, 1.807) is 0 Å². The lowest BCUT2D eigenvalue weighted by Gasteiger charge is -2.38. The zero-order valence-electron chi connectivity index (χ0n) is 14.7. The van der Waals surface area contributed by atoms with E-state index in [-0.39, 0.29) is 12.4 Å². The average Bonchev–Trinajstić information content (AvgIpc) is 2.57. The summed E-state index contributed by atoms with van der Waals surface area (Å²) in [5.74, 6) is 0. The van der Waals surface area contributed by atoms with E-state index in [9.17, 15) is 0 Å². The third-order valence-electron chi connectivity index (χ3n) is 5.26. The van der Waals surface area contributed by atoms with Crippen LogP contribution in [0.2, 0.25) is 0 Å². The smallest absolute Gasteiger partial charge is 0.0399 e. The number of hydrogen-bond donors (Lipinski definition) is 0. The fourth-order valence-corrected chi connectivity index (χ4v) is 3.74. The monoisotopic (exact) mass is 336 g/mol. The van der Waals surface area contributed by atoms with Gasteiger partial charge in [-0.05, 0) is 57.0 Å². The van der Waals surface area contributed by atoms with Gasteiger partial charge in [0.25, 0.3) is 0 Å². The summed E-state index contributed by atoms with van der Waals surface area (Å²) in [4.78, 5) is 7.87. The van der Waals surface area contributed by atoms with Crippen molar-refractivity contribution in [3.8, 4) is 0 Å². The Morgan fingerprint density at radius 2 is 1.39 bits per heavy atom. The van der Waals surface area contributed by atoms with E-state index in [1.807, 2.05) is 0 Å². The van der Waals surface area contributed by atoms with Crippen molar-refractivity contribution in [3.63, 3.8) is 0 Å². The van der Waals surface area contributed by atoms with Crippen LogP contribution < -0.4 is 17.3 Å². The molecule has 1 aromatic carbocycles. The molecule has 0 atom stereocenters. The third kappa shape index (κ3) is 5.10. The van der Waals surface area contributed by atoms with Crippen molar-refractivity contribution >= 4 is 5.69 Å². The highest BCUT2D eigenvalue weighted by Gasteiger charge is 2.19. The fraction of sp³-hybridized carbons (Fsp3) is 0.684. The SMILES string of the molecule is Cc1ccc(C)c(N2CCN(CCN3CCCCC3)CC2)c1.[Cl-]. The van der Waals surface area contributed by atoms with Crippen LogP contribution in [-0.4, -0.2) is 62.2 Å². The van der Waals surface area contributed by atoms with Gasteiger partial charge in [-0.3, -0.25) is 4.90 Å². The molecule has 23 heavy (non-hydrogen) atoms. The molecular weight excluding hydrogens is 306 g/mol. The van der Waals surface area contributed by atoms with Crippen molar-refractivity contribution in [1.82, 2.24) is 9.80 Å². The van der Waals surface area contributed by atoms with Gasteiger partial charge in [-0.1, -0.05) is 18.6 Å². The molecule has 0 aliphatic carbocycles. The van der Waals surface area contributed by atoms with Crippen molar-refractivity contribution in [2.75, 3.05) is 57.3 Å². The van der Waals surface area contributed by atoms with E-state index in [1.165, 1.54) is 88.4 Å². The fourth-order valence-electron chi connectivity index (χ4n) is 3.74. The van der Waals surface area contributed by atoms with Gasteiger partial charge in [0.05, 0.1) is 0 Å². The van der Waals surface area contributed by atoms with Crippen LogP contribution in [0, 0.1) is 13.8 Å². The molecule has 2 fully saturated rings. The van der Waals surface area contributed by atoms with E-state index in [2.05, 4.69) is 46.7 Å². The molecular formula is C19H31ClN3-. The zero-order valence-corrected chi connectivity index (χ0v) is 15.5. The van der Waals surface area contributed by atoms with E-state index >= 15 is 0 Å². The van der Waals surface area contributed by atoms with Crippen LogP contribution in [0.3, 0.4) is 0 Å². The number of piperazine rings is 1. The van der Waals surface area contributed by atoms with Crippen LogP contribution >= 0.6 is 0 Å². The van der Waals surface area contributed by atoms with Gasteiger partial charge in [-0.15, -0.1) is 0 Å². The third-order valence-corrected chi connectivity index (χ3v) is 5.26. The lowest BCUT2D eigenvalue weighted by Crippen LogP contribution is -3.00. The van der Waals surface area contributed by atoms with Crippen molar-refractivity contribution < 1.29 is 12.4 Å². The first-order valence-corrected chi connectivity index (χ1v) is 8.99. The minimum absolute atomic E-state index is 0. The number of anilines is 1. The van der Waals surface area contributed by atoms with Gasteiger partial charge in [0.15, 0.2) is 0 Å². The Labute approximate surface area is 148 Å². The van der Waals surface area contributed by atoms with E-state index in [0.29, 0.717) is 0 Å². The molecule has 2 saturated heterocycles. The second-order valence-corrected chi connectivity index (χ2v) is 7.02. The van der Waals surface area contributed by atoms with Crippen LogP contribution in [0.15, 0.2) is 18.2 Å². The molecule has 0 N–H and O–H groups in total. The Morgan fingerprint density at radius 1 is 0.783 bits per heavy atom. The number of benzene rings is 1. The largest absolute Gasteiger partial charge is 1.00 e. The van der Waals surface area contributed by atoms with Crippen molar-refractivity contribution in [2.45, 2.75) is 33.1 Å². The molecule has 0 radical (unpaired) electrons. The highest BCUT2D eigenvalue weighted by Crippen LogP contribution is 2.22. The van der Waals surface area contributed by atoms with Gasteiger partial charge in [0.2, 0.25) is 0 Å². The maximum Gasteiger partial charge on any atom is 0.0399 e. The van der Waals surface area contributed by atoms with Gasteiger partial charge >= 0.3 is 0 Å². The van der Waals surface area contributed by atoms with Gasteiger partial charge in [-0.25, -0.2) is 0 Å². The summed E-state index contributed by atoms with van der Waals surface area (Å²) in [6, 6.07) is 6.82. The molecule has 1 aromatic rings. The summed E-state index contributed by atoms with van der Waals surface area (Å²) in [6.07, 6.45) is 4.24. The summed E-state index contributed by atoms with van der Waals surface area (Å²) in [6.45, 7) is 14.3. The Kier molecular flexibility index (Phi) is 7.19. The first-order chi connectivity index (χ1) is 10.7. The van der Waals surface area contributed by atoms with Crippen molar-refractivity contribution in [2.24, 2.45) is 0 Å². The molecule has 3 rings (SSSR count). The number of likely N-dealkylation sites (tertiary alicyclic amines) is 1. The van der Waals surface area contributed by atoms with Crippen LogP contribution in [0.4, 0.5) is 5.69 Å². The summed E-state index contributed by atoms with van der Waals surface area (Å²) in [5.41, 5.74) is 4.22. The minimum Gasteiger partial charge on any atom is -1.00 e. The molecule has 4 heteroatoms. The number of aryl methyl sites for hydroxylation is 2. The van der Waals surface area contributed by atoms with E-state index in [0.717, 1.165) is 0 Å². The standard InChI is InChI=1S/C19H31N3.ClH/c1-17-6-7-18(2)19(16-17)22-14-12-21(13-15-22)11-10-20-8-4-3-5-9-20;/h6-7,16H,3-5,8-15H2,1-2H3;1H/p-1. The van der Waals surface area contributed by atoms with Gasteiger partial charge in [-0.2, -0.15) is 0 Å². The molecule has 0 aromatic heterocycles. The quantitative estimate of drug-likeness (QED) is 0.761. The zero-order chi connectivity index (χ0) is 15.4. The van der Waals surface area contributed by atoms with Gasteiger partial charge in [0.1, 0.15) is 0 Å². The van der Waals surface area contributed by atoms with Crippen LogP contribution in [0.5, 0.6) is 0 Å². The predicted octanol–water partition coefficient (Wildman–Crippen LogP) is -0.0847. The number of hydrogen-bond acceptors (Lipinski definition) is 3. The molecule has 0 bridgehead atoms. The average molecular weight is 337 g/mol. The van der Waals surface area contributed by atoms with Crippen molar-refractivity contribution in [1.29, 1.82) is 0 Å². The normalized spacial score (nSPS) is 20.3. The molecule has 3 nitrogen and oxygen atoms in total. The Hall–Kier alpha value is -0.770. The van der Waals surface area contributed by atoms with E-state index < -0.39 is 0 Å². The Morgan fingerprint density at radius 3 is 2.04 bits per heavy atom. The van der Waals surface area contributed by atoms with Crippen LogP contribution in [-0.2, 0) is 0 Å². The molecule has 0 saturated carbocycles. The Bertz CT molecular complexity index is 478. The summed E-state index contributed by atoms with van der Waals surface area (Å²) in [7, 11) is 0. The molecule has 0 unspecified atom stereocenters. The number of rotatable bonds is 4. The summed E-state index contributed by atoms with van der Waals surface area (Å²) in [5, 5.41) is 0. The van der Waals surface area contributed by atoms with Gasteiger partial charge in [0, 0.05) is 45.0 Å².